The number of likely N-dealkylation sites (tertiary alicyclic amines) is 1. The minimum absolute atomic E-state index is 0.277. The molecule has 2 N–H and O–H groups in total. The van der Waals surface area contributed by atoms with Gasteiger partial charge in [0.2, 0.25) is 5.91 Å². The fraction of sp³-hybridized carbons (Fsp3) is 0.562. The van der Waals surface area contributed by atoms with Crippen LogP contribution in [0.15, 0.2) is 30.3 Å². The predicted octanol–water partition coefficient (Wildman–Crippen LogP) is 2.52. The van der Waals surface area contributed by atoms with Crippen LogP contribution < -0.4 is 5.73 Å². The number of hydrogen-bond donors (Lipinski definition) is 1. The van der Waals surface area contributed by atoms with Gasteiger partial charge in [-0.25, -0.2) is 0 Å². The second-order valence-electron chi connectivity index (χ2n) is 5.31. The van der Waals surface area contributed by atoms with Crippen molar-refractivity contribution in [1.29, 1.82) is 0 Å². The van der Waals surface area contributed by atoms with Gasteiger partial charge in [0.05, 0.1) is 0 Å². The zero-order valence-electron chi connectivity index (χ0n) is 11.6. The zero-order valence-corrected chi connectivity index (χ0v) is 11.6. The van der Waals surface area contributed by atoms with E-state index in [4.69, 9.17) is 5.73 Å². The van der Waals surface area contributed by atoms with Crippen LogP contribution in [0.25, 0.3) is 0 Å². The van der Waals surface area contributed by atoms with Crippen LogP contribution in [0.5, 0.6) is 0 Å². The lowest BCUT2D eigenvalue weighted by molar-refractivity contribution is -0.131. The van der Waals surface area contributed by atoms with Crippen LogP contribution in [0.4, 0.5) is 0 Å². The Labute approximate surface area is 115 Å². The Bertz CT molecular complexity index is 391. The molecule has 0 aliphatic carbocycles. The van der Waals surface area contributed by atoms with E-state index >= 15 is 0 Å². The molecule has 1 aromatic carbocycles. The monoisotopic (exact) mass is 260 g/mol. The summed E-state index contributed by atoms with van der Waals surface area (Å²) in [7, 11) is 0. The van der Waals surface area contributed by atoms with Crippen LogP contribution >= 0.6 is 0 Å². The van der Waals surface area contributed by atoms with Gasteiger partial charge in [0.25, 0.3) is 0 Å². The largest absolute Gasteiger partial charge is 0.343 e. The summed E-state index contributed by atoms with van der Waals surface area (Å²) in [6.07, 6.45) is 4.78. The number of benzene rings is 1. The molecule has 1 amide bonds. The molecule has 1 atom stereocenters. The molecule has 1 aliphatic heterocycles. The summed E-state index contributed by atoms with van der Waals surface area (Å²) in [5, 5.41) is 0. The van der Waals surface area contributed by atoms with Crippen LogP contribution in [0.2, 0.25) is 0 Å². The third-order valence-corrected chi connectivity index (χ3v) is 3.95. The van der Waals surface area contributed by atoms with Gasteiger partial charge < -0.3 is 10.6 Å². The van der Waals surface area contributed by atoms with Gasteiger partial charge in [-0.2, -0.15) is 0 Å². The summed E-state index contributed by atoms with van der Waals surface area (Å²) in [6.45, 7) is 2.40. The fourth-order valence-electron chi connectivity index (χ4n) is 2.82. The highest BCUT2D eigenvalue weighted by atomic mass is 16.2. The SMILES string of the molecule is NCCCC(=O)N1CCCC(c2ccccc2)CC1. The Morgan fingerprint density at radius 1 is 1.21 bits per heavy atom. The molecule has 2 rings (SSSR count). The number of hydrogen-bond acceptors (Lipinski definition) is 2. The number of carbonyl (C=O) groups excluding carboxylic acids is 1. The molecule has 1 fully saturated rings. The van der Waals surface area contributed by atoms with Gasteiger partial charge in [0.15, 0.2) is 0 Å². The van der Waals surface area contributed by atoms with Gasteiger partial charge in [0, 0.05) is 19.5 Å². The third kappa shape index (κ3) is 4.06. The highest BCUT2D eigenvalue weighted by molar-refractivity contribution is 5.76. The Balaban J connectivity index is 1.89. The summed E-state index contributed by atoms with van der Waals surface area (Å²) < 4.78 is 0. The van der Waals surface area contributed by atoms with E-state index < -0.39 is 0 Å². The van der Waals surface area contributed by atoms with Crippen LogP contribution in [0.1, 0.15) is 43.6 Å². The second kappa shape index (κ2) is 7.29. The highest BCUT2D eigenvalue weighted by Gasteiger charge is 2.20. The smallest absolute Gasteiger partial charge is 0.222 e. The Kier molecular flexibility index (Phi) is 5.40. The van der Waals surface area contributed by atoms with Crippen molar-refractivity contribution in [1.82, 2.24) is 4.90 Å². The standard InChI is InChI=1S/C16H24N2O/c17-11-4-9-16(19)18-12-5-8-15(10-13-18)14-6-2-1-3-7-14/h1-3,6-7,15H,4-5,8-13,17H2. The maximum absolute atomic E-state index is 12.0. The summed E-state index contributed by atoms with van der Waals surface area (Å²) in [4.78, 5) is 14.0. The topological polar surface area (TPSA) is 46.3 Å². The molecule has 1 aromatic rings. The van der Waals surface area contributed by atoms with Crippen molar-refractivity contribution in [2.45, 2.75) is 38.0 Å². The van der Waals surface area contributed by atoms with Crippen LogP contribution in [-0.2, 0) is 4.79 Å². The second-order valence-corrected chi connectivity index (χ2v) is 5.31. The molecular weight excluding hydrogens is 236 g/mol. The molecule has 0 bridgehead atoms. The average molecular weight is 260 g/mol. The Morgan fingerprint density at radius 2 is 2.00 bits per heavy atom. The summed E-state index contributed by atoms with van der Waals surface area (Å²) >= 11 is 0. The maximum atomic E-state index is 12.0. The van der Waals surface area contributed by atoms with Gasteiger partial charge in [-0.15, -0.1) is 0 Å². The molecule has 0 aromatic heterocycles. The van der Waals surface area contributed by atoms with Crippen LogP contribution in [-0.4, -0.2) is 30.4 Å². The Morgan fingerprint density at radius 3 is 2.74 bits per heavy atom. The third-order valence-electron chi connectivity index (χ3n) is 3.95. The number of nitrogens with two attached hydrogens (primary N) is 1. The molecule has 19 heavy (non-hydrogen) atoms. The van der Waals surface area contributed by atoms with E-state index in [1.165, 1.54) is 12.0 Å². The molecule has 104 valence electrons. The molecule has 1 aliphatic rings. The first-order chi connectivity index (χ1) is 9.31. The number of carbonyl (C=O) groups is 1. The summed E-state index contributed by atoms with van der Waals surface area (Å²) in [5.74, 6) is 0.882. The molecule has 0 saturated carbocycles. The van der Waals surface area contributed by atoms with Crippen molar-refractivity contribution in [3.63, 3.8) is 0 Å². The zero-order chi connectivity index (χ0) is 13.5. The fourth-order valence-corrected chi connectivity index (χ4v) is 2.82. The minimum atomic E-state index is 0.277. The van der Waals surface area contributed by atoms with Crippen molar-refractivity contribution in [2.75, 3.05) is 19.6 Å². The Hall–Kier alpha value is -1.35. The first-order valence-corrected chi connectivity index (χ1v) is 7.34. The van der Waals surface area contributed by atoms with Gasteiger partial charge in [-0.3, -0.25) is 4.79 Å². The molecule has 0 radical (unpaired) electrons. The quantitative estimate of drug-likeness (QED) is 0.904. The molecule has 1 saturated heterocycles. The minimum Gasteiger partial charge on any atom is -0.343 e. The molecular formula is C16H24N2O. The summed E-state index contributed by atoms with van der Waals surface area (Å²) in [5.41, 5.74) is 6.88. The van der Waals surface area contributed by atoms with Crippen LogP contribution in [0.3, 0.4) is 0 Å². The van der Waals surface area contributed by atoms with Crippen molar-refractivity contribution in [3.05, 3.63) is 35.9 Å². The van der Waals surface area contributed by atoms with Gasteiger partial charge in [-0.05, 0) is 43.7 Å². The number of nitrogens with zero attached hydrogens (tertiary/aromatic N) is 1. The van der Waals surface area contributed by atoms with Gasteiger partial charge in [-0.1, -0.05) is 30.3 Å². The van der Waals surface area contributed by atoms with E-state index in [-0.39, 0.29) is 5.91 Å². The lowest BCUT2D eigenvalue weighted by Crippen LogP contribution is -2.32. The molecule has 3 heteroatoms. The first-order valence-electron chi connectivity index (χ1n) is 7.34. The molecule has 1 unspecified atom stereocenters. The van der Waals surface area contributed by atoms with E-state index in [2.05, 4.69) is 30.3 Å². The number of rotatable bonds is 4. The van der Waals surface area contributed by atoms with E-state index in [9.17, 15) is 4.79 Å². The first kappa shape index (κ1) is 14.1. The van der Waals surface area contributed by atoms with Crippen molar-refractivity contribution < 1.29 is 4.79 Å². The van der Waals surface area contributed by atoms with Crippen molar-refractivity contribution in [3.8, 4) is 0 Å². The van der Waals surface area contributed by atoms with Crippen molar-refractivity contribution >= 4 is 5.91 Å². The van der Waals surface area contributed by atoms with E-state index in [1.54, 1.807) is 0 Å². The molecule has 0 spiro atoms. The van der Waals surface area contributed by atoms with E-state index in [1.807, 2.05) is 4.90 Å². The summed E-state index contributed by atoms with van der Waals surface area (Å²) in [6, 6.07) is 10.7. The van der Waals surface area contributed by atoms with Gasteiger partial charge >= 0.3 is 0 Å². The van der Waals surface area contributed by atoms with E-state index in [0.29, 0.717) is 18.9 Å². The highest BCUT2D eigenvalue weighted by Crippen LogP contribution is 2.27. The van der Waals surface area contributed by atoms with E-state index in [0.717, 1.165) is 32.4 Å². The lowest BCUT2D eigenvalue weighted by Gasteiger charge is -2.20. The normalized spacial score (nSPS) is 20.1. The molecule has 3 nitrogen and oxygen atoms in total. The predicted molar refractivity (Wildman–Crippen MR) is 77.9 cm³/mol. The maximum Gasteiger partial charge on any atom is 0.222 e. The number of amides is 1. The van der Waals surface area contributed by atoms with Crippen molar-refractivity contribution in [2.24, 2.45) is 5.73 Å². The van der Waals surface area contributed by atoms with Crippen LogP contribution in [0, 0.1) is 0 Å². The molecule has 1 heterocycles. The lowest BCUT2D eigenvalue weighted by atomic mass is 9.92. The van der Waals surface area contributed by atoms with Gasteiger partial charge in [0.1, 0.15) is 0 Å². The average Bonchev–Trinajstić information content (AvgIpc) is 2.71.